The molecule has 0 bridgehead atoms. The number of amides is 1. The van der Waals surface area contributed by atoms with Gasteiger partial charge in [0, 0.05) is 6.20 Å². The normalized spacial score (nSPS) is 15.9. The van der Waals surface area contributed by atoms with E-state index in [4.69, 9.17) is 0 Å². The van der Waals surface area contributed by atoms with Gasteiger partial charge in [0.15, 0.2) is 15.0 Å². The Morgan fingerprint density at radius 1 is 1.34 bits per heavy atom. The zero-order valence-electron chi connectivity index (χ0n) is 16.3. The Kier molecular flexibility index (Phi) is 6.68. The third kappa shape index (κ3) is 5.02. The maximum absolute atomic E-state index is 13.0. The number of carbonyl (C=O) groups excluding carboxylic acids is 2. The highest BCUT2D eigenvalue weighted by atomic mass is 32.2. The molecule has 2 aromatic rings. The van der Waals surface area contributed by atoms with Crippen molar-refractivity contribution in [1.82, 2.24) is 14.8 Å². The van der Waals surface area contributed by atoms with Gasteiger partial charge in [-0.3, -0.25) is 9.48 Å². The van der Waals surface area contributed by atoms with Gasteiger partial charge in [0.25, 0.3) is 5.91 Å². The van der Waals surface area contributed by atoms with Gasteiger partial charge in [-0.05, 0) is 12.3 Å². The van der Waals surface area contributed by atoms with Crippen LogP contribution in [-0.4, -0.2) is 47.9 Å². The van der Waals surface area contributed by atoms with Crippen LogP contribution >= 0.6 is 11.3 Å². The van der Waals surface area contributed by atoms with E-state index in [1.165, 1.54) is 30.4 Å². The summed E-state index contributed by atoms with van der Waals surface area (Å²) in [5.74, 6) is -0.519. The molecule has 0 radical (unpaired) electrons. The Morgan fingerprint density at radius 2 is 2.07 bits per heavy atom. The molecule has 158 valence electrons. The van der Waals surface area contributed by atoms with Gasteiger partial charge in [0.2, 0.25) is 0 Å². The average molecular weight is 441 g/mol. The number of aromatic nitrogens is 3. The molecule has 11 heteroatoms. The molecule has 1 fully saturated rings. The van der Waals surface area contributed by atoms with Crippen LogP contribution in [0.3, 0.4) is 0 Å². The molecule has 1 saturated carbocycles. The van der Waals surface area contributed by atoms with Gasteiger partial charge in [0.1, 0.15) is 15.8 Å². The molecule has 9 nitrogen and oxygen atoms in total. The number of sulfone groups is 1. The summed E-state index contributed by atoms with van der Waals surface area (Å²) in [5, 5.41) is 7.17. The first-order chi connectivity index (χ1) is 13.8. The van der Waals surface area contributed by atoms with E-state index in [0.29, 0.717) is 12.3 Å². The average Bonchev–Trinajstić information content (AvgIpc) is 3.46. The van der Waals surface area contributed by atoms with Gasteiger partial charge in [-0.2, -0.15) is 5.10 Å². The summed E-state index contributed by atoms with van der Waals surface area (Å²) in [6.07, 6.45) is 8.94. The molecule has 1 aliphatic rings. The number of methoxy groups -OCH3 is 1. The van der Waals surface area contributed by atoms with E-state index in [-0.39, 0.29) is 26.6 Å². The third-order valence-electron chi connectivity index (χ3n) is 5.09. The summed E-state index contributed by atoms with van der Waals surface area (Å²) in [4.78, 5) is 29.0. The minimum Gasteiger partial charge on any atom is -0.465 e. The number of nitrogens with one attached hydrogen (secondary N) is 1. The standard InChI is InChI=1S/C18H24N4O5S2/c1-3-29(25,26)13-9-20-22(11-13)14(8-12-6-4-5-7-12)16(23)21-18-19-10-15(28-18)17(24)27-2/h9-12,14H,3-8H2,1-2H3,(H,19,21,23). The number of rotatable bonds is 8. The molecule has 2 heterocycles. The minimum atomic E-state index is -3.41. The molecule has 0 aliphatic heterocycles. The molecule has 1 aliphatic carbocycles. The van der Waals surface area contributed by atoms with Gasteiger partial charge in [-0.1, -0.05) is 43.9 Å². The van der Waals surface area contributed by atoms with Crippen LogP contribution in [0.2, 0.25) is 0 Å². The van der Waals surface area contributed by atoms with Crippen molar-refractivity contribution in [3.05, 3.63) is 23.5 Å². The van der Waals surface area contributed by atoms with E-state index in [1.54, 1.807) is 6.92 Å². The predicted molar refractivity (Wildman–Crippen MR) is 108 cm³/mol. The number of hydrogen-bond acceptors (Lipinski definition) is 8. The van der Waals surface area contributed by atoms with Crippen molar-refractivity contribution >= 4 is 38.2 Å². The van der Waals surface area contributed by atoms with Crippen molar-refractivity contribution in [2.24, 2.45) is 5.92 Å². The Morgan fingerprint density at radius 3 is 2.72 bits per heavy atom. The highest BCUT2D eigenvalue weighted by molar-refractivity contribution is 7.91. The lowest BCUT2D eigenvalue weighted by Crippen LogP contribution is -2.28. The van der Waals surface area contributed by atoms with Crippen LogP contribution in [0, 0.1) is 5.92 Å². The Balaban J connectivity index is 1.82. The maximum atomic E-state index is 13.0. The fourth-order valence-corrected chi connectivity index (χ4v) is 4.98. The number of anilines is 1. The van der Waals surface area contributed by atoms with Crippen molar-refractivity contribution in [2.75, 3.05) is 18.2 Å². The van der Waals surface area contributed by atoms with Crippen molar-refractivity contribution in [3.63, 3.8) is 0 Å². The van der Waals surface area contributed by atoms with E-state index >= 15 is 0 Å². The van der Waals surface area contributed by atoms with E-state index in [0.717, 1.165) is 37.0 Å². The number of thiazole rings is 1. The van der Waals surface area contributed by atoms with Crippen LogP contribution in [0.15, 0.2) is 23.5 Å². The smallest absolute Gasteiger partial charge is 0.349 e. The second-order valence-corrected chi connectivity index (χ2v) is 10.3. The van der Waals surface area contributed by atoms with E-state index in [2.05, 4.69) is 20.1 Å². The fourth-order valence-electron chi connectivity index (χ4n) is 3.43. The molecule has 0 saturated heterocycles. The van der Waals surface area contributed by atoms with Crippen LogP contribution in [-0.2, 0) is 19.4 Å². The highest BCUT2D eigenvalue weighted by Gasteiger charge is 2.29. The van der Waals surface area contributed by atoms with Crippen molar-refractivity contribution < 1.29 is 22.7 Å². The van der Waals surface area contributed by atoms with E-state index in [1.807, 2.05) is 0 Å². The van der Waals surface area contributed by atoms with Gasteiger partial charge in [0.05, 0.1) is 25.3 Å². The van der Waals surface area contributed by atoms with Gasteiger partial charge >= 0.3 is 5.97 Å². The van der Waals surface area contributed by atoms with Crippen molar-refractivity contribution in [1.29, 1.82) is 0 Å². The lowest BCUT2D eigenvalue weighted by molar-refractivity contribution is -0.120. The van der Waals surface area contributed by atoms with Crippen LogP contribution < -0.4 is 5.32 Å². The second-order valence-electron chi connectivity index (χ2n) is 6.97. The topological polar surface area (TPSA) is 120 Å². The first-order valence-electron chi connectivity index (χ1n) is 9.46. The summed E-state index contributed by atoms with van der Waals surface area (Å²) in [6.45, 7) is 1.57. The molecular formula is C18H24N4O5S2. The summed E-state index contributed by atoms with van der Waals surface area (Å²) in [6, 6.07) is -0.663. The number of esters is 1. The van der Waals surface area contributed by atoms with Crippen LogP contribution in [0.5, 0.6) is 0 Å². The van der Waals surface area contributed by atoms with E-state index in [9.17, 15) is 18.0 Å². The molecular weight excluding hydrogens is 416 g/mol. The summed E-state index contributed by atoms with van der Waals surface area (Å²) >= 11 is 1.02. The summed E-state index contributed by atoms with van der Waals surface area (Å²) in [7, 11) is -2.13. The Bertz CT molecular complexity index is 976. The number of ether oxygens (including phenoxy) is 1. The number of nitrogens with zero attached hydrogens (tertiary/aromatic N) is 3. The molecule has 0 aromatic carbocycles. The first kappa shape index (κ1) is 21.4. The quantitative estimate of drug-likeness (QED) is 0.627. The predicted octanol–water partition coefficient (Wildman–Crippen LogP) is 2.68. The third-order valence-corrected chi connectivity index (χ3v) is 7.67. The van der Waals surface area contributed by atoms with Crippen LogP contribution in [0.1, 0.15) is 54.7 Å². The Hall–Kier alpha value is -2.27. The van der Waals surface area contributed by atoms with Crippen molar-refractivity contribution in [2.45, 2.75) is 50.0 Å². The SMILES string of the molecule is CCS(=O)(=O)c1cnn(C(CC2CCCC2)C(=O)Nc2ncc(C(=O)OC)s2)c1. The lowest BCUT2D eigenvalue weighted by Gasteiger charge is -2.20. The summed E-state index contributed by atoms with van der Waals surface area (Å²) < 4.78 is 30.3. The second kappa shape index (κ2) is 9.04. The van der Waals surface area contributed by atoms with Gasteiger partial charge in [-0.25, -0.2) is 18.2 Å². The zero-order valence-corrected chi connectivity index (χ0v) is 18.0. The molecule has 2 aromatic heterocycles. The molecule has 29 heavy (non-hydrogen) atoms. The molecule has 1 atom stereocenters. The number of hydrogen-bond donors (Lipinski definition) is 1. The first-order valence-corrected chi connectivity index (χ1v) is 11.9. The molecule has 3 rings (SSSR count). The Labute approximate surface area is 173 Å². The van der Waals surface area contributed by atoms with Gasteiger partial charge in [-0.15, -0.1) is 0 Å². The highest BCUT2D eigenvalue weighted by Crippen LogP contribution is 2.33. The fraction of sp³-hybridized carbons (Fsp3) is 0.556. The minimum absolute atomic E-state index is 0.0341. The van der Waals surface area contributed by atoms with Crippen LogP contribution in [0.4, 0.5) is 5.13 Å². The number of carbonyl (C=O) groups is 2. The zero-order chi connectivity index (χ0) is 21.0. The van der Waals surface area contributed by atoms with Crippen molar-refractivity contribution in [3.8, 4) is 0 Å². The molecule has 1 unspecified atom stereocenters. The largest absolute Gasteiger partial charge is 0.465 e. The molecule has 1 N–H and O–H groups in total. The molecule has 1 amide bonds. The van der Waals surface area contributed by atoms with E-state index < -0.39 is 21.8 Å². The van der Waals surface area contributed by atoms with Crippen LogP contribution in [0.25, 0.3) is 0 Å². The summed E-state index contributed by atoms with van der Waals surface area (Å²) in [5.41, 5.74) is 0. The monoisotopic (exact) mass is 440 g/mol. The van der Waals surface area contributed by atoms with Gasteiger partial charge < -0.3 is 10.1 Å². The lowest BCUT2D eigenvalue weighted by atomic mass is 9.98. The molecule has 0 spiro atoms. The maximum Gasteiger partial charge on any atom is 0.349 e.